The van der Waals surface area contributed by atoms with Gasteiger partial charge in [0.1, 0.15) is 0 Å². The molecule has 2 aromatic rings. The maximum absolute atomic E-state index is 13.1. The lowest BCUT2D eigenvalue weighted by Crippen LogP contribution is -2.30. The van der Waals surface area contributed by atoms with E-state index in [9.17, 15) is 4.79 Å². The molecule has 25 heavy (non-hydrogen) atoms. The Bertz CT molecular complexity index is 756. The van der Waals surface area contributed by atoms with Crippen molar-refractivity contribution in [2.24, 2.45) is 0 Å². The molecular formula is C19H27N5O. The smallest absolute Gasteiger partial charge is 0.257 e. The van der Waals surface area contributed by atoms with Crippen LogP contribution in [-0.2, 0) is 0 Å². The Morgan fingerprint density at radius 2 is 2.00 bits per heavy atom. The number of H-pyrrole nitrogens is 1. The van der Waals surface area contributed by atoms with Crippen LogP contribution in [0.2, 0.25) is 0 Å². The first-order chi connectivity index (χ1) is 12.1. The first-order valence-electron chi connectivity index (χ1n) is 9.49. The van der Waals surface area contributed by atoms with Crippen molar-refractivity contribution in [3.05, 3.63) is 34.9 Å². The zero-order chi connectivity index (χ0) is 17.4. The molecule has 0 spiro atoms. The lowest BCUT2D eigenvalue weighted by molar-refractivity contribution is 0.0785. The van der Waals surface area contributed by atoms with E-state index in [4.69, 9.17) is 0 Å². The van der Waals surface area contributed by atoms with Crippen LogP contribution in [0.25, 0.3) is 0 Å². The van der Waals surface area contributed by atoms with Crippen LogP contribution < -0.4 is 0 Å². The minimum atomic E-state index is 0.123. The third-order valence-corrected chi connectivity index (χ3v) is 5.75. The highest BCUT2D eigenvalue weighted by Gasteiger charge is 2.32. The third kappa shape index (κ3) is 3.10. The summed E-state index contributed by atoms with van der Waals surface area (Å²) in [5.41, 5.74) is 4.04. The standard InChI is InChI=1S/C19H27N5O/c1-13-10-14(2)24(22-13)16-8-9-23(12-16)19(25)17-11-20-21-18(17)15-6-4-3-5-7-15/h10-11,15-16H,3-9,12H2,1-2H3,(H,20,21)/t16-/m0/s1. The largest absolute Gasteiger partial charge is 0.336 e. The average molecular weight is 341 g/mol. The Balaban J connectivity index is 1.49. The molecule has 6 nitrogen and oxygen atoms in total. The van der Waals surface area contributed by atoms with Gasteiger partial charge in [0.25, 0.3) is 5.91 Å². The molecule has 0 aromatic carbocycles. The normalized spacial score (nSPS) is 21.8. The van der Waals surface area contributed by atoms with E-state index in [-0.39, 0.29) is 11.9 Å². The average Bonchev–Trinajstić information content (AvgIpc) is 3.34. The molecule has 1 atom stereocenters. The van der Waals surface area contributed by atoms with Crippen molar-refractivity contribution in [2.45, 2.75) is 64.3 Å². The predicted molar refractivity (Wildman–Crippen MR) is 95.7 cm³/mol. The van der Waals surface area contributed by atoms with Gasteiger partial charge in [0.2, 0.25) is 0 Å². The summed E-state index contributed by atoms with van der Waals surface area (Å²) < 4.78 is 2.08. The van der Waals surface area contributed by atoms with Gasteiger partial charge in [-0.3, -0.25) is 14.6 Å². The van der Waals surface area contributed by atoms with Gasteiger partial charge in [-0.25, -0.2) is 0 Å². The Labute approximate surface area is 148 Å². The van der Waals surface area contributed by atoms with Gasteiger partial charge in [-0.1, -0.05) is 19.3 Å². The van der Waals surface area contributed by atoms with Gasteiger partial charge in [-0.2, -0.15) is 10.2 Å². The summed E-state index contributed by atoms with van der Waals surface area (Å²) in [6.45, 7) is 5.62. The molecule has 1 amide bonds. The molecule has 2 aromatic heterocycles. The second kappa shape index (κ2) is 6.65. The number of amides is 1. The Morgan fingerprint density at radius 3 is 2.72 bits per heavy atom. The molecule has 2 fully saturated rings. The molecular weight excluding hydrogens is 314 g/mol. The van der Waals surface area contributed by atoms with E-state index in [1.54, 1.807) is 6.20 Å². The SMILES string of the molecule is Cc1cc(C)n([C@H]2CCN(C(=O)c3cn[nH]c3C3CCCCC3)C2)n1. The quantitative estimate of drug-likeness (QED) is 0.931. The summed E-state index contributed by atoms with van der Waals surface area (Å²) in [7, 11) is 0. The molecule has 6 heteroatoms. The van der Waals surface area contributed by atoms with Crippen LogP contribution in [0.3, 0.4) is 0 Å². The van der Waals surface area contributed by atoms with E-state index in [0.717, 1.165) is 49.3 Å². The number of likely N-dealkylation sites (tertiary alicyclic amines) is 1. The zero-order valence-electron chi connectivity index (χ0n) is 15.2. The lowest BCUT2D eigenvalue weighted by atomic mass is 9.85. The maximum atomic E-state index is 13.1. The number of aryl methyl sites for hydroxylation is 2. The van der Waals surface area contributed by atoms with Crippen LogP contribution in [0.4, 0.5) is 0 Å². The van der Waals surface area contributed by atoms with Crippen LogP contribution in [0.5, 0.6) is 0 Å². The Hall–Kier alpha value is -2.11. The van der Waals surface area contributed by atoms with Crippen LogP contribution in [0.15, 0.2) is 12.3 Å². The van der Waals surface area contributed by atoms with E-state index < -0.39 is 0 Å². The van der Waals surface area contributed by atoms with E-state index in [2.05, 4.69) is 33.0 Å². The number of aromatic nitrogens is 4. The number of aromatic amines is 1. The van der Waals surface area contributed by atoms with Gasteiger partial charge < -0.3 is 4.90 Å². The lowest BCUT2D eigenvalue weighted by Gasteiger charge is -2.23. The number of rotatable bonds is 3. The molecule has 0 bridgehead atoms. The highest BCUT2D eigenvalue weighted by molar-refractivity contribution is 5.95. The summed E-state index contributed by atoms with van der Waals surface area (Å²) in [5, 5.41) is 11.9. The second-order valence-corrected chi connectivity index (χ2v) is 7.60. The fourth-order valence-electron chi connectivity index (χ4n) is 4.48. The fraction of sp³-hybridized carbons (Fsp3) is 0.632. The molecule has 1 saturated carbocycles. The van der Waals surface area contributed by atoms with Crippen LogP contribution >= 0.6 is 0 Å². The Kier molecular flexibility index (Phi) is 4.36. The first kappa shape index (κ1) is 16.4. The third-order valence-electron chi connectivity index (χ3n) is 5.75. The van der Waals surface area contributed by atoms with Crippen LogP contribution in [0, 0.1) is 13.8 Å². The van der Waals surface area contributed by atoms with E-state index in [1.165, 1.54) is 25.0 Å². The molecule has 2 aliphatic rings. The zero-order valence-corrected chi connectivity index (χ0v) is 15.2. The second-order valence-electron chi connectivity index (χ2n) is 7.60. The monoisotopic (exact) mass is 341 g/mol. The van der Waals surface area contributed by atoms with Crippen molar-refractivity contribution in [1.82, 2.24) is 24.9 Å². The van der Waals surface area contributed by atoms with E-state index in [0.29, 0.717) is 5.92 Å². The summed E-state index contributed by atoms with van der Waals surface area (Å²) >= 11 is 0. The molecule has 1 aliphatic heterocycles. The fourth-order valence-corrected chi connectivity index (χ4v) is 4.48. The number of hydrogen-bond donors (Lipinski definition) is 1. The number of hydrogen-bond acceptors (Lipinski definition) is 3. The maximum Gasteiger partial charge on any atom is 0.257 e. The number of carbonyl (C=O) groups excluding carboxylic acids is 1. The van der Waals surface area contributed by atoms with Crippen molar-refractivity contribution in [2.75, 3.05) is 13.1 Å². The number of nitrogens with zero attached hydrogens (tertiary/aromatic N) is 4. The van der Waals surface area contributed by atoms with Crippen LogP contribution in [0.1, 0.15) is 77.9 Å². The highest BCUT2D eigenvalue weighted by atomic mass is 16.2. The van der Waals surface area contributed by atoms with Gasteiger partial charge in [-0.05, 0) is 39.2 Å². The summed E-state index contributed by atoms with van der Waals surface area (Å²) in [6, 6.07) is 2.38. The molecule has 3 heterocycles. The Morgan fingerprint density at radius 1 is 1.20 bits per heavy atom. The molecule has 134 valence electrons. The van der Waals surface area contributed by atoms with E-state index >= 15 is 0 Å². The van der Waals surface area contributed by atoms with Gasteiger partial charge in [0.05, 0.1) is 29.2 Å². The molecule has 1 aliphatic carbocycles. The highest BCUT2D eigenvalue weighted by Crippen LogP contribution is 2.34. The van der Waals surface area contributed by atoms with Crippen molar-refractivity contribution in [3.63, 3.8) is 0 Å². The summed E-state index contributed by atoms with van der Waals surface area (Å²) in [6.07, 6.45) is 8.83. The number of carbonyl (C=O) groups is 1. The van der Waals surface area contributed by atoms with Gasteiger partial charge in [-0.15, -0.1) is 0 Å². The summed E-state index contributed by atoms with van der Waals surface area (Å²) in [4.78, 5) is 15.0. The number of nitrogens with one attached hydrogen (secondary N) is 1. The molecule has 4 rings (SSSR count). The molecule has 0 unspecified atom stereocenters. The van der Waals surface area contributed by atoms with Crippen molar-refractivity contribution >= 4 is 5.91 Å². The van der Waals surface area contributed by atoms with Crippen molar-refractivity contribution < 1.29 is 4.79 Å². The van der Waals surface area contributed by atoms with E-state index in [1.807, 2.05) is 11.8 Å². The van der Waals surface area contributed by atoms with Crippen molar-refractivity contribution in [1.29, 1.82) is 0 Å². The van der Waals surface area contributed by atoms with Gasteiger partial charge in [0, 0.05) is 24.7 Å². The van der Waals surface area contributed by atoms with Gasteiger partial charge in [0.15, 0.2) is 0 Å². The molecule has 1 N–H and O–H groups in total. The topological polar surface area (TPSA) is 66.8 Å². The first-order valence-corrected chi connectivity index (χ1v) is 9.49. The molecule has 1 saturated heterocycles. The van der Waals surface area contributed by atoms with Crippen molar-refractivity contribution in [3.8, 4) is 0 Å². The summed E-state index contributed by atoms with van der Waals surface area (Å²) in [5.74, 6) is 0.586. The predicted octanol–water partition coefficient (Wildman–Crippen LogP) is 3.36. The minimum Gasteiger partial charge on any atom is -0.336 e. The minimum absolute atomic E-state index is 0.123. The molecule has 0 radical (unpaired) electrons. The van der Waals surface area contributed by atoms with Crippen LogP contribution in [-0.4, -0.2) is 43.9 Å². The van der Waals surface area contributed by atoms with Gasteiger partial charge >= 0.3 is 0 Å².